The third kappa shape index (κ3) is 2.68. The van der Waals surface area contributed by atoms with Gasteiger partial charge in [0.25, 0.3) is 0 Å². The maximum atomic E-state index is 10.9. The van der Waals surface area contributed by atoms with E-state index in [-0.39, 0.29) is 0 Å². The number of carbonyl (C=O) groups is 1. The first-order valence-corrected chi connectivity index (χ1v) is 5.26. The molecule has 0 saturated heterocycles. The largest absolute Gasteiger partial charge is 0.480 e. The van der Waals surface area contributed by atoms with Gasteiger partial charge in [0.1, 0.15) is 17.7 Å². The molecule has 1 heterocycles. The number of nitrogens with zero attached hydrogens (tertiary/aromatic N) is 3. The molecular weight excluding hydrogens is 206 g/mol. The van der Waals surface area contributed by atoms with Gasteiger partial charge in [-0.1, -0.05) is 6.92 Å². The van der Waals surface area contributed by atoms with Crippen LogP contribution < -0.4 is 4.90 Å². The van der Waals surface area contributed by atoms with Crippen molar-refractivity contribution in [1.29, 1.82) is 0 Å². The molecule has 1 atom stereocenters. The van der Waals surface area contributed by atoms with Gasteiger partial charge in [0.15, 0.2) is 0 Å². The molecule has 0 spiro atoms. The molecule has 16 heavy (non-hydrogen) atoms. The van der Waals surface area contributed by atoms with Crippen molar-refractivity contribution in [3.05, 3.63) is 17.6 Å². The summed E-state index contributed by atoms with van der Waals surface area (Å²) in [6.45, 7) is 5.44. The van der Waals surface area contributed by atoms with E-state index in [1.165, 1.54) is 0 Å². The van der Waals surface area contributed by atoms with Crippen molar-refractivity contribution in [1.82, 2.24) is 9.97 Å². The maximum absolute atomic E-state index is 10.9. The summed E-state index contributed by atoms with van der Waals surface area (Å²) in [6, 6.07) is 1.23. The number of aliphatic carboxylic acids is 1. The van der Waals surface area contributed by atoms with Crippen molar-refractivity contribution < 1.29 is 9.90 Å². The monoisotopic (exact) mass is 223 g/mol. The van der Waals surface area contributed by atoms with Gasteiger partial charge in [0.2, 0.25) is 0 Å². The molecule has 1 unspecified atom stereocenters. The Labute approximate surface area is 95.1 Å². The van der Waals surface area contributed by atoms with E-state index in [0.29, 0.717) is 11.6 Å². The second-order valence-electron chi connectivity index (χ2n) is 3.74. The molecule has 0 aliphatic heterocycles. The number of carboxylic acids is 1. The van der Waals surface area contributed by atoms with Crippen LogP contribution in [0.4, 0.5) is 5.82 Å². The van der Waals surface area contributed by atoms with E-state index >= 15 is 0 Å². The Bertz CT molecular complexity index is 393. The quantitative estimate of drug-likeness (QED) is 0.832. The molecule has 88 valence electrons. The second kappa shape index (κ2) is 4.92. The fourth-order valence-electron chi connectivity index (χ4n) is 1.34. The van der Waals surface area contributed by atoms with E-state index in [1.807, 2.05) is 19.9 Å². The third-order valence-electron chi connectivity index (χ3n) is 2.54. The molecule has 0 amide bonds. The molecule has 5 heteroatoms. The Morgan fingerprint density at radius 3 is 2.69 bits per heavy atom. The zero-order valence-electron chi connectivity index (χ0n) is 10.1. The lowest BCUT2D eigenvalue weighted by atomic mass is 10.2. The molecule has 1 aromatic heterocycles. The average Bonchev–Trinajstić information content (AvgIpc) is 2.25. The van der Waals surface area contributed by atoms with E-state index in [1.54, 1.807) is 18.9 Å². The van der Waals surface area contributed by atoms with Gasteiger partial charge in [-0.05, 0) is 20.3 Å². The van der Waals surface area contributed by atoms with Crippen molar-refractivity contribution >= 4 is 11.8 Å². The van der Waals surface area contributed by atoms with Crippen LogP contribution in [-0.2, 0) is 11.2 Å². The Balaban J connectivity index is 3.03. The Morgan fingerprint density at radius 1 is 1.56 bits per heavy atom. The molecule has 1 rings (SSSR count). The first-order valence-electron chi connectivity index (χ1n) is 5.26. The van der Waals surface area contributed by atoms with Gasteiger partial charge in [-0.15, -0.1) is 0 Å². The fourth-order valence-corrected chi connectivity index (χ4v) is 1.34. The van der Waals surface area contributed by atoms with Crippen LogP contribution in [0.3, 0.4) is 0 Å². The number of hydrogen-bond acceptors (Lipinski definition) is 4. The van der Waals surface area contributed by atoms with Crippen LogP contribution in [0, 0.1) is 6.92 Å². The normalized spacial score (nSPS) is 12.2. The Morgan fingerprint density at radius 2 is 2.19 bits per heavy atom. The Kier molecular flexibility index (Phi) is 3.82. The zero-order valence-corrected chi connectivity index (χ0v) is 10.1. The van der Waals surface area contributed by atoms with E-state index < -0.39 is 12.0 Å². The van der Waals surface area contributed by atoms with Crippen LogP contribution >= 0.6 is 0 Å². The molecule has 1 aromatic rings. The van der Waals surface area contributed by atoms with Crippen LogP contribution in [0.1, 0.15) is 25.4 Å². The highest BCUT2D eigenvalue weighted by Crippen LogP contribution is 2.14. The van der Waals surface area contributed by atoms with Crippen LogP contribution in [0.25, 0.3) is 0 Å². The van der Waals surface area contributed by atoms with Gasteiger partial charge >= 0.3 is 5.97 Å². The third-order valence-corrected chi connectivity index (χ3v) is 2.54. The standard InChI is InChI=1S/C11H17N3O2/c1-5-9-6-10(13-8(3)12-9)14(4)7(2)11(15)16/h6-7H,5H2,1-4H3,(H,15,16). The van der Waals surface area contributed by atoms with Crippen LogP contribution in [0.5, 0.6) is 0 Å². The lowest BCUT2D eigenvalue weighted by Gasteiger charge is -2.23. The van der Waals surface area contributed by atoms with Gasteiger partial charge in [0.05, 0.1) is 0 Å². The molecular formula is C11H17N3O2. The summed E-state index contributed by atoms with van der Waals surface area (Å²) in [5.41, 5.74) is 0.923. The van der Waals surface area contributed by atoms with Crippen molar-refractivity contribution in [2.75, 3.05) is 11.9 Å². The van der Waals surface area contributed by atoms with Crippen LogP contribution in [-0.4, -0.2) is 34.1 Å². The Hall–Kier alpha value is -1.65. The first-order chi connectivity index (χ1) is 7.45. The first kappa shape index (κ1) is 12.4. The number of anilines is 1. The summed E-state index contributed by atoms with van der Waals surface area (Å²) in [7, 11) is 1.72. The van der Waals surface area contributed by atoms with Gasteiger partial charge in [0, 0.05) is 18.8 Å². The number of aryl methyl sites for hydroxylation is 2. The summed E-state index contributed by atoms with van der Waals surface area (Å²) in [4.78, 5) is 21.0. The molecule has 0 aliphatic rings. The molecule has 0 aliphatic carbocycles. The van der Waals surface area contributed by atoms with E-state index in [9.17, 15) is 4.79 Å². The minimum Gasteiger partial charge on any atom is -0.480 e. The fraction of sp³-hybridized carbons (Fsp3) is 0.545. The molecule has 5 nitrogen and oxygen atoms in total. The number of hydrogen-bond donors (Lipinski definition) is 1. The topological polar surface area (TPSA) is 66.3 Å². The molecule has 0 bridgehead atoms. The van der Waals surface area contributed by atoms with Crippen LogP contribution in [0.2, 0.25) is 0 Å². The average molecular weight is 223 g/mol. The lowest BCUT2D eigenvalue weighted by Crippen LogP contribution is -2.36. The predicted octanol–water partition coefficient (Wildman–Crippen LogP) is 1.26. The molecule has 0 radical (unpaired) electrons. The van der Waals surface area contributed by atoms with Crippen molar-refractivity contribution in [2.45, 2.75) is 33.2 Å². The minimum atomic E-state index is -0.864. The van der Waals surface area contributed by atoms with E-state index in [0.717, 1.165) is 12.1 Å². The summed E-state index contributed by atoms with van der Waals surface area (Å²) < 4.78 is 0. The van der Waals surface area contributed by atoms with Gasteiger partial charge in [-0.2, -0.15) is 0 Å². The second-order valence-corrected chi connectivity index (χ2v) is 3.74. The number of carboxylic acid groups (broad SMARTS) is 1. The number of rotatable bonds is 4. The van der Waals surface area contributed by atoms with Crippen molar-refractivity contribution in [3.63, 3.8) is 0 Å². The predicted molar refractivity (Wildman–Crippen MR) is 61.6 cm³/mol. The zero-order chi connectivity index (χ0) is 12.3. The number of aromatic nitrogens is 2. The van der Waals surface area contributed by atoms with E-state index in [4.69, 9.17) is 5.11 Å². The molecule has 0 fully saturated rings. The SMILES string of the molecule is CCc1cc(N(C)C(C)C(=O)O)nc(C)n1. The lowest BCUT2D eigenvalue weighted by molar-refractivity contribution is -0.138. The van der Waals surface area contributed by atoms with Crippen LogP contribution in [0.15, 0.2) is 6.07 Å². The summed E-state index contributed by atoms with van der Waals surface area (Å²) in [5, 5.41) is 8.92. The molecule has 0 aromatic carbocycles. The highest BCUT2D eigenvalue weighted by atomic mass is 16.4. The molecule has 1 N–H and O–H groups in total. The summed E-state index contributed by atoms with van der Waals surface area (Å²) in [5.74, 6) is 0.454. The van der Waals surface area contributed by atoms with Gasteiger partial charge in [-0.25, -0.2) is 14.8 Å². The van der Waals surface area contributed by atoms with Crippen molar-refractivity contribution in [2.24, 2.45) is 0 Å². The van der Waals surface area contributed by atoms with Gasteiger partial charge in [-0.3, -0.25) is 0 Å². The highest BCUT2D eigenvalue weighted by Gasteiger charge is 2.18. The minimum absolute atomic E-state index is 0.598. The smallest absolute Gasteiger partial charge is 0.326 e. The highest BCUT2D eigenvalue weighted by molar-refractivity contribution is 5.76. The number of likely N-dealkylation sites (N-methyl/N-ethyl adjacent to an activating group) is 1. The summed E-state index contributed by atoms with van der Waals surface area (Å²) in [6.07, 6.45) is 0.811. The van der Waals surface area contributed by atoms with E-state index in [2.05, 4.69) is 9.97 Å². The maximum Gasteiger partial charge on any atom is 0.326 e. The molecule has 0 saturated carbocycles. The van der Waals surface area contributed by atoms with Gasteiger partial charge < -0.3 is 10.0 Å². The summed E-state index contributed by atoms with van der Waals surface area (Å²) >= 11 is 0. The van der Waals surface area contributed by atoms with Crippen molar-refractivity contribution in [3.8, 4) is 0 Å².